The van der Waals surface area contributed by atoms with Crippen molar-refractivity contribution in [2.24, 2.45) is 17.8 Å². The molecule has 0 spiro atoms. The fourth-order valence-corrected chi connectivity index (χ4v) is 2.68. The summed E-state index contributed by atoms with van der Waals surface area (Å²) in [6.45, 7) is 26.1. The highest BCUT2D eigenvalue weighted by molar-refractivity contribution is 6.24. The van der Waals surface area contributed by atoms with E-state index < -0.39 is 0 Å². The maximum absolute atomic E-state index is 11.9. The van der Waals surface area contributed by atoms with Gasteiger partial charge in [0.1, 0.15) is 0 Å². The maximum atomic E-state index is 11.9. The third-order valence-corrected chi connectivity index (χ3v) is 4.90. The second kappa shape index (κ2) is 13.3. The minimum atomic E-state index is 0.0193. The molecule has 2 nitrogen and oxygen atoms in total. The first-order valence-corrected chi connectivity index (χ1v) is 10.2. The first-order chi connectivity index (χ1) is 12.7. The number of hydrogen-bond acceptors (Lipinski definition) is 2. The Hall–Kier alpha value is -1.88. The Labute approximate surface area is 174 Å². The smallest absolute Gasteiger partial charge is 0.185 e. The largest absolute Gasteiger partial charge is 0.289 e. The molecular formula is C26H42O2. The summed E-state index contributed by atoms with van der Waals surface area (Å²) >= 11 is 0. The molecule has 0 bridgehead atoms. The average Bonchev–Trinajstić information content (AvgIpc) is 2.58. The second-order valence-electron chi connectivity index (χ2n) is 8.49. The lowest BCUT2D eigenvalue weighted by molar-refractivity contribution is -0.116. The molecule has 0 atom stereocenters. The highest BCUT2D eigenvalue weighted by Crippen LogP contribution is 2.28. The van der Waals surface area contributed by atoms with Crippen molar-refractivity contribution in [2.45, 2.75) is 90.0 Å². The van der Waals surface area contributed by atoms with E-state index in [9.17, 15) is 9.59 Å². The first-order valence-electron chi connectivity index (χ1n) is 10.2. The van der Waals surface area contributed by atoms with Crippen LogP contribution in [0.1, 0.15) is 90.0 Å². The van der Waals surface area contributed by atoms with Gasteiger partial charge in [-0.3, -0.25) is 9.59 Å². The molecule has 0 radical (unpaired) electrons. The van der Waals surface area contributed by atoms with Crippen molar-refractivity contribution in [3.8, 4) is 11.8 Å². The molecule has 0 aromatic rings. The fraction of sp³-hybridized carbons (Fsp3) is 0.615. The normalized spacial score (nSPS) is 13.7. The van der Waals surface area contributed by atoms with Crippen molar-refractivity contribution in [2.75, 3.05) is 0 Å². The molecule has 0 unspecified atom stereocenters. The Bertz CT molecular complexity index is 707. The predicted molar refractivity (Wildman–Crippen MR) is 123 cm³/mol. The van der Waals surface area contributed by atoms with E-state index in [1.165, 1.54) is 11.1 Å². The van der Waals surface area contributed by atoms with Gasteiger partial charge in [-0.1, -0.05) is 52.7 Å². The van der Waals surface area contributed by atoms with E-state index >= 15 is 0 Å². The van der Waals surface area contributed by atoms with Crippen LogP contribution in [0.5, 0.6) is 0 Å². The summed E-state index contributed by atoms with van der Waals surface area (Å²) in [5.41, 5.74) is 5.47. The number of Topliss-reactive ketones (excluding diaryl/α,β-unsaturated/α-hetero) is 2. The van der Waals surface area contributed by atoms with E-state index in [4.69, 9.17) is 0 Å². The standard InChI is InChI=1S/C12H16O2.C8H16.C6H10/c1-6(2)10-9(5)11(13)7(3)8(4)12(10)14;1-6(2)8(5)7(3)4;1-4-5-6(2)3/h6H,1-5H3;6H,1-5H3;6H,1-3H3. The summed E-state index contributed by atoms with van der Waals surface area (Å²) in [7, 11) is 0. The summed E-state index contributed by atoms with van der Waals surface area (Å²) in [6.07, 6.45) is 0. The van der Waals surface area contributed by atoms with Gasteiger partial charge in [0.2, 0.25) is 0 Å². The third kappa shape index (κ3) is 9.36. The second-order valence-corrected chi connectivity index (χ2v) is 8.49. The molecule has 0 saturated carbocycles. The van der Waals surface area contributed by atoms with Crippen LogP contribution in [0.25, 0.3) is 0 Å². The topological polar surface area (TPSA) is 34.1 Å². The number of hydrogen-bond donors (Lipinski definition) is 0. The van der Waals surface area contributed by atoms with Crippen LogP contribution in [-0.4, -0.2) is 11.6 Å². The molecule has 0 aliphatic heterocycles. The van der Waals surface area contributed by atoms with Crippen LogP contribution in [0.15, 0.2) is 33.4 Å². The van der Waals surface area contributed by atoms with Gasteiger partial charge in [-0.15, -0.1) is 11.8 Å². The van der Waals surface area contributed by atoms with Gasteiger partial charge in [0, 0.05) is 28.2 Å². The third-order valence-electron chi connectivity index (χ3n) is 4.90. The zero-order valence-corrected chi connectivity index (χ0v) is 20.5. The molecule has 1 aliphatic rings. The van der Waals surface area contributed by atoms with Crippen molar-refractivity contribution in [1.82, 2.24) is 0 Å². The molecule has 2 heteroatoms. The zero-order chi connectivity index (χ0) is 22.8. The monoisotopic (exact) mass is 386 g/mol. The van der Waals surface area contributed by atoms with Gasteiger partial charge in [-0.05, 0) is 60.3 Å². The molecule has 0 saturated heterocycles. The quantitative estimate of drug-likeness (QED) is 0.288. The molecule has 0 aromatic heterocycles. The van der Waals surface area contributed by atoms with Crippen LogP contribution in [-0.2, 0) is 9.59 Å². The lowest BCUT2D eigenvalue weighted by Crippen LogP contribution is -2.23. The Balaban J connectivity index is 0. The molecule has 0 N–H and O–H groups in total. The van der Waals surface area contributed by atoms with Crippen molar-refractivity contribution in [1.29, 1.82) is 0 Å². The summed E-state index contributed by atoms with van der Waals surface area (Å²) in [5.74, 6) is 7.21. The number of carbonyl (C=O) groups excluding carboxylic acids is 2. The molecule has 1 rings (SSSR count). The molecule has 0 amide bonds. The highest BCUT2D eigenvalue weighted by Gasteiger charge is 2.28. The van der Waals surface area contributed by atoms with Gasteiger partial charge in [-0.2, -0.15) is 0 Å². The van der Waals surface area contributed by atoms with Gasteiger partial charge >= 0.3 is 0 Å². The van der Waals surface area contributed by atoms with Crippen LogP contribution in [0, 0.1) is 29.6 Å². The van der Waals surface area contributed by atoms with Gasteiger partial charge in [0.05, 0.1) is 0 Å². The summed E-state index contributed by atoms with van der Waals surface area (Å²) < 4.78 is 0. The van der Waals surface area contributed by atoms with Crippen LogP contribution < -0.4 is 0 Å². The van der Waals surface area contributed by atoms with Crippen LogP contribution in [0.4, 0.5) is 0 Å². The Morgan fingerprint density at radius 2 is 1.18 bits per heavy atom. The molecule has 0 aromatic carbocycles. The van der Waals surface area contributed by atoms with Gasteiger partial charge in [-0.25, -0.2) is 0 Å². The number of ketones is 2. The average molecular weight is 387 g/mol. The lowest BCUT2D eigenvalue weighted by Gasteiger charge is -2.20. The summed E-state index contributed by atoms with van der Waals surface area (Å²) in [6, 6.07) is 0. The number of carbonyl (C=O) groups is 2. The summed E-state index contributed by atoms with van der Waals surface area (Å²) in [4.78, 5) is 23.6. The van der Waals surface area contributed by atoms with E-state index in [1.807, 2.05) is 20.8 Å². The zero-order valence-electron chi connectivity index (χ0n) is 20.5. The minimum Gasteiger partial charge on any atom is -0.289 e. The van der Waals surface area contributed by atoms with Gasteiger partial charge in [0.25, 0.3) is 0 Å². The van der Waals surface area contributed by atoms with E-state index in [2.05, 4.69) is 60.3 Å². The predicted octanol–water partition coefficient (Wildman–Crippen LogP) is 7.11. The van der Waals surface area contributed by atoms with E-state index in [-0.39, 0.29) is 17.5 Å². The highest BCUT2D eigenvalue weighted by atomic mass is 16.1. The van der Waals surface area contributed by atoms with Crippen molar-refractivity contribution >= 4 is 11.6 Å². The molecular weight excluding hydrogens is 344 g/mol. The van der Waals surface area contributed by atoms with Gasteiger partial charge < -0.3 is 0 Å². The lowest BCUT2D eigenvalue weighted by atomic mass is 9.81. The SMILES string of the molecule is CC#CC(C)C.CC(C)=C(C)C(C)C.CC1=C(C)C(=O)C(C(C)C)=C(C)C1=O. The van der Waals surface area contributed by atoms with E-state index in [0.717, 1.165) is 5.92 Å². The molecule has 0 fully saturated rings. The van der Waals surface area contributed by atoms with Crippen LogP contribution in [0.3, 0.4) is 0 Å². The van der Waals surface area contributed by atoms with Crippen LogP contribution in [0.2, 0.25) is 0 Å². The van der Waals surface area contributed by atoms with Gasteiger partial charge in [0.15, 0.2) is 11.6 Å². The first kappa shape index (κ1) is 28.3. The maximum Gasteiger partial charge on any atom is 0.185 e. The Morgan fingerprint density at radius 1 is 0.750 bits per heavy atom. The number of rotatable bonds is 2. The molecule has 0 heterocycles. The molecule has 28 heavy (non-hydrogen) atoms. The fourth-order valence-electron chi connectivity index (χ4n) is 2.68. The Morgan fingerprint density at radius 3 is 1.39 bits per heavy atom. The number of allylic oxidation sites excluding steroid dienone is 6. The van der Waals surface area contributed by atoms with Crippen molar-refractivity contribution in [3.63, 3.8) is 0 Å². The Kier molecular flexibility index (Phi) is 13.5. The van der Waals surface area contributed by atoms with E-state index in [1.54, 1.807) is 20.8 Å². The molecule has 1 aliphatic carbocycles. The van der Waals surface area contributed by atoms with Crippen molar-refractivity contribution in [3.05, 3.63) is 33.4 Å². The molecule has 158 valence electrons. The van der Waals surface area contributed by atoms with E-state index in [0.29, 0.717) is 28.2 Å². The minimum absolute atomic E-state index is 0.0193. The summed E-state index contributed by atoms with van der Waals surface area (Å²) in [5, 5.41) is 0. The van der Waals surface area contributed by atoms with Crippen molar-refractivity contribution < 1.29 is 9.59 Å². The van der Waals surface area contributed by atoms with Crippen LogP contribution >= 0.6 is 0 Å².